The molecule has 1 unspecified atom stereocenters. The number of unbranched alkanes of at least 4 members (excludes halogenated alkanes) is 1. The smallest absolute Gasteiger partial charge is 0.165 e. The first kappa shape index (κ1) is 14.9. The molecule has 0 spiro atoms. The molecular formula is C17H26O. The van der Waals surface area contributed by atoms with Crippen molar-refractivity contribution >= 4 is 5.78 Å². The maximum Gasteiger partial charge on any atom is 0.165 e. The number of hydrogen-bond donors (Lipinski definition) is 0. The van der Waals surface area contributed by atoms with Gasteiger partial charge in [0.1, 0.15) is 0 Å². The Morgan fingerprint density at radius 2 is 1.89 bits per heavy atom. The van der Waals surface area contributed by atoms with E-state index < -0.39 is 0 Å². The Balaban J connectivity index is 2.95. The standard InChI is InChI=1S/C17H26O/c1-5-8-9-13(4)17(18)16-12-14(6-2)10-11-15(16)7-3/h10-13H,5-9H2,1-4H3. The van der Waals surface area contributed by atoms with Crippen LogP contribution >= 0.6 is 0 Å². The van der Waals surface area contributed by atoms with E-state index in [9.17, 15) is 4.79 Å². The maximum atomic E-state index is 12.5. The second-order valence-corrected chi connectivity index (χ2v) is 5.11. The molecule has 0 bridgehead atoms. The Kier molecular flexibility index (Phi) is 6.11. The molecule has 0 radical (unpaired) electrons. The van der Waals surface area contributed by atoms with Crippen LogP contribution in [0, 0.1) is 5.92 Å². The van der Waals surface area contributed by atoms with Crippen molar-refractivity contribution in [1.82, 2.24) is 0 Å². The van der Waals surface area contributed by atoms with Crippen molar-refractivity contribution < 1.29 is 4.79 Å². The molecule has 0 aromatic heterocycles. The van der Waals surface area contributed by atoms with Gasteiger partial charge in [0.15, 0.2) is 5.78 Å². The van der Waals surface area contributed by atoms with Gasteiger partial charge in [-0.25, -0.2) is 0 Å². The predicted molar refractivity (Wildman–Crippen MR) is 78.2 cm³/mol. The molecule has 0 aliphatic carbocycles. The van der Waals surface area contributed by atoms with Gasteiger partial charge >= 0.3 is 0 Å². The summed E-state index contributed by atoms with van der Waals surface area (Å²) in [6, 6.07) is 6.37. The highest BCUT2D eigenvalue weighted by atomic mass is 16.1. The molecule has 0 N–H and O–H groups in total. The minimum absolute atomic E-state index is 0.155. The van der Waals surface area contributed by atoms with Gasteiger partial charge in [0.05, 0.1) is 0 Å². The Morgan fingerprint density at radius 3 is 2.44 bits per heavy atom. The summed E-state index contributed by atoms with van der Waals surface area (Å²) in [5, 5.41) is 0. The summed E-state index contributed by atoms with van der Waals surface area (Å²) in [5.41, 5.74) is 3.42. The summed E-state index contributed by atoms with van der Waals surface area (Å²) < 4.78 is 0. The third-order valence-electron chi connectivity index (χ3n) is 3.67. The Bertz CT molecular complexity index is 393. The number of hydrogen-bond acceptors (Lipinski definition) is 1. The van der Waals surface area contributed by atoms with Gasteiger partial charge in [-0.2, -0.15) is 0 Å². The van der Waals surface area contributed by atoms with E-state index >= 15 is 0 Å². The normalized spacial score (nSPS) is 12.4. The molecule has 1 rings (SSSR count). The van der Waals surface area contributed by atoms with Gasteiger partial charge < -0.3 is 0 Å². The number of carbonyl (C=O) groups is 1. The van der Waals surface area contributed by atoms with Crippen LogP contribution < -0.4 is 0 Å². The molecule has 1 heteroatoms. The van der Waals surface area contributed by atoms with Gasteiger partial charge in [0, 0.05) is 11.5 Å². The molecule has 1 aromatic rings. The Labute approximate surface area is 112 Å². The topological polar surface area (TPSA) is 17.1 Å². The average Bonchev–Trinajstić information content (AvgIpc) is 2.43. The molecule has 0 fully saturated rings. The number of ketones is 1. The third kappa shape index (κ3) is 3.69. The van der Waals surface area contributed by atoms with E-state index in [0.717, 1.165) is 37.7 Å². The molecule has 0 saturated carbocycles. The highest BCUT2D eigenvalue weighted by Gasteiger charge is 2.17. The minimum Gasteiger partial charge on any atom is -0.294 e. The second-order valence-electron chi connectivity index (χ2n) is 5.11. The fourth-order valence-electron chi connectivity index (χ4n) is 2.29. The first-order valence-corrected chi connectivity index (χ1v) is 7.29. The van der Waals surface area contributed by atoms with E-state index in [4.69, 9.17) is 0 Å². The minimum atomic E-state index is 0.155. The summed E-state index contributed by atoms with van der Waals surface area (Å²) in [5.74, 6) is 0.484. The van der Waals surface area contributed by atoms with Crippen molar-refractivity contribution in [2.24, 2.45) is 5.92 Å². The van der Waals surface area contributed by atoms with Crippen LogP contribution in [0.2, 0.25) is 0 Å². The van der Waals surface area contributed by atoms with E-state index in [1.165, 1.54) is 11.1 Å². The van der Waals surface area contributed by atoms with Gasteiger partial charge in [0.25, 0.3) is 0 Å². The summed E-state index contributed by atoms with van der Waals surface area (Å²) >= 11 is 0. The largest absolute Gasteiger partial charge is 0.294 e. The first-order valence-electron chi connectivity index (χ1n) is 7.29. The van der Waals surface area contributed by atoms with Crippen molar-refractivity contribution in [2.75, 3.05) is 0 Å². The molecule has 1 aromatic carbocycles. The van der Waals surface area contributed by atoms with Crippen LogP contribution in [-0.4, -0.2) is 5.78 Å². The quantitative estimate of drug-likeness (QED) is 0.630. The van der Waals surface area contributed by atoms with E-state index in [1.54, 1.807) is 0 Å². The predicted octanol–water partition coefficient (Wildman–Crippen LogP) is 4.82. The van der Waals surface area contributed by atoms with Crippen molar-refractivity contribution in [3.63, 3.8) is 0 Å². The molecule has 0 aliphatic rings. The number of carbonyl (C=O) groups excluding carboxylic acids is 1. The van der Waals surface area contributed by atoms with Gasteiger partial charge in [-0.1, -0.05) is 52.7 Å². The fourth-order valence-corrected chi connectivity index (χ4v) is 2.29. The van der Waals surface area contributed by atoms with Crippen molar-refractivity contribution in [1.29, 1.82) is 0 Å². The summed E-state index contributed by atoms with van der Waals surface area (Å²) in [4.78, 5) is 12.5. The molecule has 0 aliphatic heterocycles. The maximum absolute atomic E-state index is 12.5. The van der Waals surface area contributed by atoms with E-state index in [0.29, 0.717) is 5.78 Å². The van der Waals surface area contributed by atoms with Crippen LogP contribution in [0.15, 0.2) is 18.2 Å². The monoisotopic (exact) mass is 246 g/mol. The van der Waals surface area contributed by atoms with E-state index in [1.807, 2.05) is 0 Å². The highest BCUT2D eigenvalue weighted by molar-refractivity contribution is 5.99. The first-order chi connectivity index (χ1) is 8.63. The molecule has 18 heavy (non-hydrogen) atoms. The summed E-state index contributed by atoms with van der Waals surface area (Å²) in [7, 11) is 0. The van der Waals surface area contributed by atoms with Gasteiger partial charge in [-0.3, -0.25) is 4.79 Å². The molecule has 1 atom stereocenters. The lowest BCUT2D eigenvalue weighted by molar-refractivity contribution is 0.0921. The second kappa shape index (κ2) is 7.35. The molecule has 1 nitrogen and oxygen atoms in total. The number of rotatable bonds is 7. The van der Waals surface area contributed by atoms with Crippen LogP contribution in [0.5, 0.6) is 0 Å². The Morgan fingerprint density at radius 1 is 1.17 bits per heavy atom. The molecule has 0 saturated heterocycles. The number of benzene rings is 1. The zero-order valence-electron chi connectivity index (χ0n) is 12.3. The van der Waals surface area contributed by atoms with Crippen molar-refractivity contribution in [3.05, 3.63) is 34.9 Å². The molecular weight excluding hydrogens is 220 g/mol. The molecule has 100 valence electrons. The van der Waals surface area contributed by atoms with Crippen LogP contribution in [0.3, 0.4) is 0 Å². The summed E-state index contributed by atoms with van der Waals surface area (Å²) in [6.45, 7) is 8.49. The highest BCUT2D eigenvalue weighted by Crippen LogP contribution is 2.20. The van der Waals surface area contributed by atoms with E-state index in [-0.39, 0.29) is 5.92 Å². The van der Waals surface area contributed by atoms with Crippen LogP contribution in [-0.2, 0) is 12.8 Å². The SMILES string of the molecule is CCCCC(C)C(=O)c1cc(CC)ccc1CC. The van der Waals surface area contributed by atoms with Gasteiger partial charge in [0.2, 0.25) is 0 Å². The van der Waals surface area contributed by atoms with Crippen LogP contribution in [0.4, 0.5) is 0 Å². The fraction of sp³-hybridized carbons (Fsp3) is 0.588. The number of Topliss-reactive ketones (excluding diaryl/α,β-unsaturated/α-hetero) is 1. The third-order valence-corrected chi connectivity index (χ3v) is 3.67. The van der Waals surface area contributed by atoms with Crippen LogP contribution in [0.25, 0.3) is 0 Å². The molecule has 0 amide bonds. The van der Waals surface area contributed by atoms with Crippen molar-refractivity contribution in [2.45, 2.75) is 59.8 Å². The van der Waals surface area contributed by atoms with Gasteiger partial charge in [-0.15, -0.1) is 0 Å². The van der Waals surface area contributed by atoms with Crippen molar-refractivity contribution in [3.8, 4) is 0 Å². The lowest BCUT2D eigenvalue weighted by Crippen LogP contribution is -2.14. The lowest BCUT2D eigenvalue weighted by Gasteiger charge is -2.14. The Hall–Kier alpha value is -1.11. The zero-order chi connectivity index (χ0) is 13.5. The van der Waals surface area contributed by atoms with Crippen LogP contribution in [0.1, 0.15) is 68.4 Å². The van der Waals surface area contributed by atoms with Gasteiger partial charge in [-0.05, 0) is 36.5 Å². The zero-order valence-corrected chi connectivity index (χ0v) is 12.3. The summed E-state index contributed by atoms with van der Waals surface area (Å²) in [6.07, 6.45) is 5.24. The van der Waals surface area contributed by atoms with E-state index in [2.05, 4.69) is 45.9 Å². The lowest BCUT2D eigenvalue weighted by atomic mass is 9.89. The average molecular weight is 246 g/mol. The number of aryl methyl sites for hydroxylation is 2. The molecule has 0 heterocycles.